The molecule has 0 spiro atoms. The largest absolute Gasteiger partial charge is 0.493 e. The maximum atomic E-state index is 5.94. The van der Waals surface area contributed by atoms with E-state index in [1.165, 1.54) is 19.3 Å². The molecule has 1 aliphatic rings. The molecule has 0 radical (unpaired) electrons. The Balaban J connectivity index is 2.10. The molecule has 0 N–H and O–H groups in total. The molecule has 1 saturated carbocycles. The van der Waals surface area contributed by atoms with Gasteiger partial charge in [-0.05, 0) is 43.4 Å². The minimum Gasteiger partial charge on any atom is -0.493 e. The number of halogens is 2. The maximum Gasteiger partial charge on any atom is 0.126 e. The zero-order valence-corrected chi connectivity index (χ0v) is 11.8. The van der Waals surface area contributed by atoms with Crippen LogP contribution in [0, 0.1) is 12.8 Å². The fourth-order valence-corrected chi connectivity index (χ4v) is 2.78. The van der Waals surface area contributed by atoms with Gasteiger partial charge < -0.3 is 4.74 Å². The Labute approximate surface area is 110 Å². The Morgan fingerprint density at radius 1 is 1.44 bits per heavy atom. The van der Waals surface area contributed by atoms with Crippen molar-refractivity contribution >= 4 is 27.5 Å². The van der Waals surface area contributed by atoms with Crippen molar-refractivity contribution < 1.29 is 4.74 Å². The summed E-state index contributed by atoms with van der Waals surface area (Å²) in [6.45, 7) is 2.91. The van der Waals surface area contributed by atoms with Gasteiger partial charge in [0.05, 0.1) is 12.5 Å². The molecule has 0 heterocycles. The van der Waals surface area contributed by atoms with Crippen molar-refractivity contribution in [1.82, 2.24) is 0 Å². The zero-order valence-electron chi connectivity index (χ0n) is 9.43. The Bertz CT molecular complexity index is 374. The summed E-state index contributed by atoms with van der Waals surface area (Å²) in [5.74, 6) is 2.23. The van der Waals surface area contributed by atoms with E-state index in [2.05, 4.69) is 28.9 Å². The van der Waals surface area contributed by atoms with Crippen molar-refractivity contribution in [2.75, 3.05) is 6.61 Å². The second kappa shape index (κ2) is 5.42. The summed E-state index contributed by atoms with van der Waals surface area (Å²) in [6.07, 6.45) is 3.98. The molecule has 1 fully saturated rings. The minimum absolute atomic E-state index is 0.500. The third kappa shape index (κ3) is 2.72. The van der Waals surface area contributed by atoms with Crippen LogP contribution in [0.5, 0.6) is 5.75 Å². The normalized spacial score (nSPS) is 15.9. The van der Waals surface area contributed by atoms with Crippen LogP contribution in [0.2, 0.25) is 0 Å². The predicted octanol–water partition coefficient (Wildman–Crippen LogP) is 4.68. The molecule has 0 unspecified atom stereocenters. The fourth-order valence-electron chi connectivity index (χ4n) is 1.97. The van der Waals surface area contributed by atoms with Crippen molar-refractivity contribution in [2.45, 2.75) is 32.1 Å². The first-order chi connectivity index (χ1) is 7.70. The van der Waals surface area contributed by atoms with Crippen LogP contribution in [0.4, 0.5) is 0 Å². The average Bonchev–Trinajstić information content (AvgIpc) is 2.17. The summed E-state index contributed by atoms with van der Waals surface area (Å²) >= 11 is 9.42. The monoisotopic (exact) mass is 302 g/mol. The Morgan fingerprint density at radius 2 is 2.19 bits per heavy atom. The molecular weight excluding hydrogens is 287 g/mol. The molecule has 1 aliphatic carbocycles. The number of benzene rings is 1. The van der Waals surface area contributed by atoms with Crippen LogP contribution in [0.25, 0.3) is 0 Å². The highest BCUT2D eigenvalue weighted by molar-refractivity contribution is 9.10. The van der Waals surface area contributed by atoms with Gasteiger partial charge in [0.25, 0.3) is 0 Å². The van der Waals surface area contributed by atoms with Gasteiger partial charge in [-0.2, -0.15) is 0 Å². The van der Waals surface area contributed by atoms with Gasteiger partial charge >= 0.3 is 0 Å². The quantitative estimate of drug-likeness (QED) is 0.734. The first-order valence-corrected chi connectivity index (χ1v) is 7.01. The molecule has 3 heteroatoms. The minimum atomic E-state index is 0.500. The lowest BCUT2D eigenvalue weighted by Gasteiger charge is -2.26. The summed E-state index contributed by atoms with van der Waals surface area (Å²) in [6, 6.07) is 4.11. The second-order valence-electron chi connectivity index (χ2n) is 4.45. The smallest absolute Gasteiger partial charge is 0.126 e. The Morgan fingerprint density at radius 3 is 2.75 bits per heavy atom. The number of hydrogen-bond donors (Lipinski definition) is 0. The van der Waals surface area contributed by atoms with Gasteiger partial charge in [0.1, 0.15) is 5.75 Å². The summed E-state index contributed by atoms with van der Waals surface area (Å²) in [4.78, 5) is 0. The van der Waals surface area contributed by atoms with Crippen LogP contribution >= 0.6 is 27.5 Å². The topological polar surface area (TPSA) is 9.23 Å². The van der Waals surface area contributed by atoms with Crippen LogP contribution in [-0.4, -0.2) is 6.61 Å². The van der Waals surface area contributed by atoms with Crippen molar-refractivity contribution in [3.63, 3.8) is 0 Å². The molecule has 0 bridgehead atoms. The fraction of sp³-hybridized carbons (Fsp3) is 0.538. The summed E-state index contributed by atoms with van der Waals surface area (Å²) < 4.78 is 6.98. The van der Waals surface area contributed by atoms with E-state index in [4.69, 9.17) is 16.3 Å². The highest BCUT2D eigenvalue weighted by atomic mass is 79.9. The van der Waals surface area contributed by atoms with E-state index in [0.29, 0.717) is 5.88 Å². The van der Waals surface area contributed by atoms with Crippen LogP contribution in [0.15, 0.2) is 16.6 Å². The van der Waals surface area contributed by atoms with Crippen LogP contribution in [-0.2, 0) is 5.88 Å². The molecule has 0 atom stereocenters. The molecule has 1 nitrogen and oxygen atoms in total. The molecule has 0 aliphatic heterocycles. The standard InChI is InChI=1S/C13H16BrClO/c1-9-5-12(14)6-11(7-15)13(9)16-8-10-3-2-4-10/h5-6,10H,2-4,7-8H2,1H3. The van der Waals surface area contributed by atoms with E-state index in [1.54, 1.807) is 0 Å². The number of aryl methyl sites for hydroxylation is 1. The van der Waals surface area contributed by atoms with Gasteiger partial charge in [-0.1, -0.05) is 22.4 Å². The summed E-state index contributed by atoms with van der Waals surface area (Å²) in [7, 11) is 0. The van der Waals surface area contributed by atoms with Crippen LogP contribution < -0.4 is 4.74 Å². The van der Waals surface area contributed by atoms with E-state index in [1.807, 2.05) is 6.07 Å². The van der Waals surface area contributed by atoms with Gasteiger partial charge in [-0.3, -0.25) is 0 Å². The molecule has 2 rings (SSSR count). The van der Waals surface area contributed by atoms with Gasteiger partial charge in [0.2, 0.25) is 0 Å². The number of alkyl halides is 1. The average molecular weight is 304 g/mol. The van der Waals surface area contributed by atoms with Crippen LogP contribution in [0.1, 0.15) is 30.4 Å². The molecule has 0 amide bonds. The molecule has 88 valence electrons. The lowest BCUT2D eigenvalue weighted by molar-refractivity contribution is 0.179. The van der Waals surface area contributed by atoms with E-state index in [9.17, 15) is 0 Å². The van der Waals surface area contributed by atoms with E-state index in [0.717, 1.165) is 33.9 Å². The van der Waals surface area contributed by atoms with Gasteiger partial charge in [0, 0.05) is 10.0 Å². The summed E-state index contributed by atoms with van der Waals surface area (Å²) in [5, 5.41) is 0. The highest BCUT2D eigenvalue weighted by Crippen LogP contribution is 2.32. The maximum absolute atomic E-state index is 5.94. The van der Waals surface area contributed by atoms with Crippen molar-refractivity contribution in [3.8, 4) is 5.75 Å². The highest BCUT2D eigenvalue weighted by Gasteiger charge is 2.19. The van der Waals surface area contributed by atoms with Gasteiger partial charge in [-0.25, -0.2) is 0 Å². The van der Waals surface area contributed by atoms with E-state index in [-0.39, 0.29) is 0 Å². The first-order valence-electron chi connectivity index (χ1n) is 5.68. The van der Waals surface area contributed by atoms with Crippen molar-refractivity contribution in [2.24, 2.45) is 5.92 Å². The SMILES string of the molecule is Cc1cc(Br)cc(CCl)c1OCC1CCC1. The Hall–Kier alpha value is -0.210. The first kappa shape index (κ1) is 12.3. The summed E-state index contributed by atoms with van der Waals surface area (Å²) in [5.41, 5.74) is 2.23. The predicted molar refractivity (Wildman–Crippen MR) is 71.3 cm³/mol. The molecule has 0 aromatic heterocycles. The van der Waals surface area contributed by atoms with E-state index >= 15 is 0 Å². The number of hydrogen-bond acceptors (Lipinski definition) is 1. The molecule has 1 aromatic carbocycles. The van der Waals surface area contributed by atoms with Crippen molar-refractivity contribution in [1.29, 1.82) is 0 Å². The molecule has 0 saturated heterocycles. The molecule has 16 heavy (non-hydrogen) atoms. The van der Waals surface area contributed by atoms with Gasteiger partial charge in [-0.15, -0.1) is 11.6 Å². The number of rotatable bonds is 4. The van der Waals surface area contributed by atoms with E-state index < -0.39 is 0 Å². The van der Waals surface area contributed by atoms with Crippen molar-refractivity contribution in [3.05, 3.63) is 27.7 Å². The van der Waals surface area contributed by atoms with Crippen LogP contribution in [0.3, 0.4) is 0 Å². The van der Waals surface area contributed by atoms with Gasteiger partial charge in [0.15, 0.2) is 0 Å². The zero-order chi connectivity index (χ0) is 11.5. The molecule has 1 aromatic rings. The lowest BCUT2D eigenvalue weighted by Crippen LogP contribution is -2.19. The Kier molecular flexibility index (Phi) is 4.15. The third-order valence-electron chi connectivity index (χ3n) is 3.15. The number of ether oxygens (including phenoxy) is 1. The lowest BCUT2D eigenvalue weighted by atomic mass is 9.86. The third-order valence-corrected chi connectivity index (χ3v) is 3.89. The second-order valence-corrected chi connectivity index (χ2v) is 5.64. The molecular formula is C13H16BrClO.